The third-order valence-electron chi connectivity index (χ3n) is 6.20. The Bertz CT molecular complexity index is 891. The summed E-state index contributed by atoms with van der Waals surface area (Å²) in [7, 11) is 2.27. The van der Waals surface area contributed by atoms with Crippen LogP contribution in [0.25, 0.3) is 0 Å². The summed E-state index contributed by atoms with van der Waals surface area (Å²) in [5.41, 5.74) is 5.76. The van der Waals surface area contributed by atoms with Gasteiger partial charge in [0.2, 0.25) is 0 Å². The van der Waals surface area contributed by atoms with Crippen molar-refractivity contribution in [2.45, 2.75) is 25.9 Å². The van der Waals surface area contributed by atoms with Crippen molar-refractivity contribution in [2.24, 2.45) is 5.92 Å². The first-order chi connectivity index (χ1) is 14.2. The summed E-state index contributed by atoms with van der Waals surface area (Å²) in [6.45, 7) is 7.74. The molecule has 1 heterocycles. The highest BCUT2D eigenvalue weighted by Crippen LogP contribution is 2.35. The van der Waals surface area contributed by atoms with E-state index in [2.05, 4.69) is 109 Å². The topological polar surface area (TPSA) is 6.48 Å². The summed E-state index contributed by atoms with van der Waals surface area (Å²) >= 11 is 0. The Morgan fingerprint density at radius 3 is 2.10 bits per heavy atom. The Balaban J connectivity index is 1.49. The minimum Gasteiger partial charge on any atom is -0.302 e. The lowest BCUT2D eigenvalue weighted by molar-refractivity contribution is 0.250. The quantitative estimate of drug-likeness (QED) is 0.542. The van der Waals surface area contributed by atoms with Crippen LogP contribution in [0.5, 0.6) is 0 Å². The predicted octanol–water partition coefficient (Wildman–Crippen LogP) is 5.34. The molecule has 0 saturated carbocycles. The first-order valence-corrected chi connectivity index (χ1v) is 10.7. The highest BCUT2D eigenvalue weighted by atomic mass is 15.2. The normalized spacial score (nSPS) is 19.7. The predicted molar refractivity (Wildman–Crippen MR) is 122 cm³/mol. The lowest BCUT2D eigenvalue weighted by Crippen LogP contribution is -2.29. The van der Waals surface area contributed by atoms with Gasteiger partial charge >= 0.3 is 0 Å². The average Bonchev–Trinajstić information content (AvgIpc) is 3.11. The fraction of sp³-hybridized carbons (Fsp3) is 0.333. The molecule has 2 heteroatoms. The molecule has 4 rings (SSSR count). The van der Waals surface area contributed by atoms with E-state index in [1.807, 2.05) is 0 Å². The van der Waals surface area contributed by atoms with E-state index in [4.69, 9.17) is 0 Å². The van der Waals surface area contributed by atoms with Gasteiger partial charge in [0.1, 0.15) is 0 Å². The van der Waals surface area contributed by atoms with Crippen molar-refractivity contribution in [2.75, 3.05) is 26.7 Å². The number of aryl methyl sites for hydroxylation is 1. The minimum atomic E-state index is 0.595. The summed E-state index contributed by atoms with van der Waals surface area (Å²) in [4.78, 5) is 5.14. The van der Waals surface area contributed by atoms with Gasteiger partial charge < -0.3 is 4.90 Å². The average molecular weight is 385 g/mol. The zero-order valence-corrected chi connectivity index (χ0v) is 17.7. The first kappa shape index (κ1) is 19.9. The van der Waals surface area contributed by atoms with Crippen molar-refractivity contribution in [3.05, 3.63) is 107 Å². The van der Waals surface area contributed by atoms with Gasteiger partial charge in [-0.3, -0.25) is 4.90 Å². The van der Waals surface area contributed by atoms with E-state index in [0.717, 1.165) is 32.7 Å². The smallest absolute Gasteiger partial charge is 0.0234 e. The fourth-order valence-corrected chi connectivity index (χ4v) is 4.83. The van der Waals surface area contributed by atoms with Crippen molar-refractivity contribution in [3.8, 4) is 0 Å². The Morgan fingerprint density at radius 1 is 0.793 bits per heavy atom. The molecule has 150 valence electrons. The summed E-state index contributed by atoms with van der Waals surface area (Å²) in [6.07, 6.45) is 0. The summed E-state index contributed by atoms with van der Waals surface area (Å²) < 4.78 is 0. The molecule has 0 aromatic heterocycles. The van der Waals surface area contributed by atoms with Gasteiger partial charge in [-0.2, -0.15) is 0 Å². The van der Waals surface area contributed by atoms with Crippen LogP contribution in [0.15, 0.2) is 84.9 Å². The maximum absolute atomic E-state index is 2.65. The van der Waals surface area contributed by atoms with Crippen LogP contribution in [0, 0.1) is 12.8 Å². The molecule has 0 amide bonds. The van der Waals surface area contributed by atoms with Gasteiger partial charge in [0.25, 0.3) is 0 Å². The third kappa shape index (κ3) is 5.14. The van der Waals surface area contributed by atoms with E-state index >= 15 is 0 Å². The van der Waals surface area contributed by atoms with Crippen LogP contribution >= 0.6 is 0 Å². The van der Waals surface area contributed by atoms with E-state index in [1.54, 1.807) is 0 Å². The molecule has 0 spiro atoms. The first-order valence-electron chi connectivity index (χ1n) is 10.7. The van der Waals surface area contributed by atoms with Crippen LogP contribution in [0.3, 0.4) is 0 Å². The molecule has 2 atom stereocenters. The maximum Gasteiger partial charge on any atom is 0.0234 e. The van der Waals surface area contributed by atoms with Gasteiger partial charge in [0.15, 0.2) is 0 Å². The number of hydrogen-bond donors (Lipinski definition) is 0. The molecular weight excluding hydrogens is 352 g/mol. The van der Waals surface area contributed by atoms with Crippen LogP contribution in [0.2, 0.25) is 0 Å². The molecule has 3 aromatic rings. The van der Waals surface area contributed by atoms with Crippen LogP contribution in [-0.4, -0.2) is 36.5 Å². The molecule has 0 radical (unpaired) electrons. The van der Waals surface area contributed by atoms with Crippen LogP contribution < -0.4 is 0 Å². The zero-order chi connectivity index (χ0) is 20.1. The second-order valence-electron chi connectivity index (χ2n) is 8.59. The maximum atomic E-state index is 2.65. The molecule has 1 aliphatic heterocycles. The second-order valence-corrected chi connectivity index (χ2v) is 8.59. The summed E-state index contributed by atoms with van der Waals surface area (Å²) in [5, 5.41) is 0. The van der Waals surface area contributed by atoms with E-state index in [9.17, 15) is 0 Å². The minimum absolute atomic E-state index is 0.595. The molecule has 29 heavy (non-hydrogen) atoms. The number of benzene rings is 3. The lowest BCUT2D eigenvalue weighted by atomic mass is 9.86. The van der Waals surface area contributed by atoms with Gasteiger partial charge in [-0.25, -0.2) is 0 Å². The van der Waals surface area contributed by atoms with Crippen molar-refractivity contribution >= 4 is 0 Å². The Labute approximate surface area is 175 Å². The van der Waals surface area contributed by atoms with Crippen LogP contribution in [0.1, 0.15) is 28.2 Å². The summed E-state index contributed by atoms with van der Waals surface area (Å²) in [6, 6.07) is 30.7. The number of hydrogen-bond acceptors (Lipinski definition) is 2. The fourth-order valence-electron chi connectivity index (χ4n) is 4.83. The van der Waals surface area contributed by atoms with Crippen LogP contribution in [-0.2, 0) is 13.1 Å². The zero-order valence-electron chi connectivity index (χ0n) is 17.7. The molecular formula is C27H32N2. The standard InChI is InChI=1S/C27H32N2/c1-22-11-9-10-16-26(22)27-21-29(18-24-14-7-4-8-15-24)20-25(27)19-28(2)17-23-12-5-3-6-13-23/h3-16,25,27H,17-21H2,1-2H3. The molecule has 2 nitrogen and oxygen atoms in total. The van der Waals surface area contributed by atoms with Crippen molar-refractivity contribution < 1.29 is 0 Å². The van der Waals surface area contributed by atoms with Gasteiger partial charge in [-0.15, -0.1) is 0 Å². The van der Waals surface area contributed by atoms with Crippen LogP contribution in [0.4, 0.5) is 0 Å². The molecule has 1 aliphatic rings. The Morgan fingerprint density at radius 2 is 1.41 bits per heavy atom. The lowest BCUT2D eigenvalue weighted by Gasteiger charge is -2.26. The van der Waals surface area contributed by atoms with Gasteiger partial charge in [0, 0.05) is 38.6 Å². The Kier molecular flexibility index (Phi) is 6.43. The highest BCUT2D eigenvalue weighted by molar-refractivity contribution is 5.31. The van der Waals surface area contributed by atoms with Gasteiger partial charge in [-0.1, -0.05) is 84.9 Å². The number of likely N-dealkylation sites (tertiary alicyclic amines) is 1. The third-order valence-corrected chi connectivity index (χ3v) is 6.20. The van der Waals surface area contributed by atoms with E-state index < -0.39 is 0 Å². The van der Waals surface area contributed by atoms with E-state index in [-0.39, 0.29) is 0 Å². The molecule has 1 fully saturated rings. The molecule has 0 bridgehead atoms. The number of nitrogens with zero attached hydrogens (tertiary/aromatic N) is 2. The van der Waals surface area contributed by atoms with Crippen molar-refractivity contribution in [1.82, 2.24) is 9.80 Å². The van der Waals surface area contributed by atoms with Gasteiger partial charge in [-0.05, 0) is 42.1 Å². The van der Waals surface area contributed by atoms with E-state index in [0.29, 0.717) is 11.8 Å². The monoisotopic (exact) mass is 384 g/mol. The van der Waals surface area contributed by atoms with E-state index in [1.165, 1.54) is 22.3 Å². The van der Waals surface area contributed by atoms with Crippen molar-refractivity contribution in [3.63, 3.8) is 0 Å². The molecule has 0 N–H and O–H groups in total. The van der Waals surface area contributed by atoms with Gasteiger partial charge in [0.05, 0.1) is 0 Å². The highest BCUT2D eigenvalue weighted by Gasteiger charge is 2.34. The van der Waals surface area contributed by atoms with Crippen molar-refractivity contribution in [1.29, 1.82) is 0 Å². The number of rotatable bonds is 7. The largest absolute Gasteiger partial charge is 0.302 e. The summed E-state index contributed by atoms with van der Waals surface area (Å²) in [5.74, 6) is 1.24. The molecule has 1 saturated heterocycles. The Hall–Kier alpha value is -2.42. The SMILES string of the molecule is Cc1ccccc1C1CN(Cc2ccccc2)CC1CN(C)Cc1ccccc1. The molecule has 0 aliphatic carbocycles. The molecule has 3 aromatic carbocycles. The molecule has 2 unspecified atom stereocenters. The second kappa shape index (κ2) is 9.39.